The zero-order chi connectivity index (χ0) is 25.3. The van der Waals surface area contributed by atoms with E-state index in [4.69, 9.17) is 0 Å². The van der Waals surface area contributed by atoms with Gasteiger partial charge in [0.15, 0.2) is 0 Å². The van der Waals surface area contributed by atoms with Crippen molar-refractivity contribution in [2.75, 3.05) is 27.2 Å². The molecule has 3 amide bonds. The Morgan fingerprint density at radius 1 is 0.912 bits per heavy atom. The number of amides is 3. The van der Waals surface area contributed by atoms with E-state index in [1.54, 1.807) is 19.0 Å². The molecule has 8 nitrogen and oxygen atoms in total. The Morgan fingerprint density at radius 2 is 1.56 bits per heavy atom. The van der Waals surface area contributed by atoms with Crippen LogP contribution in [-0.2, 0) is 14.4 Å². The number of hydrogen-bond donors (Lipinski definition) is 3. The third-order valence-electron chi connectivity index (χ3n) is 7.17. The zero-order valence-electron chi connectivity index (χ0n) is 21.7. The second-order valence-electron chi connectivity index (χ2n) is 11.0. The van der Waals surface area contributed by atoms with E-state index in [1.165, 1.54) is 24.2 Å². The van der Waals surface area contributed by atoms with Gasteiger partial charge in [-0.05, 0) is 43.4 Å². The van der Waals surface area contributed by atoms with Crippen LogP contribution in [0.2, 0.25) is 0 Å². The topological polar surface area (TPSA) is 110 Å². The van der Waals surface area contributed by atoms with Crippen LogP contribution in [0.1, 0.15) is 84.5 Å². The van der Waals surface area contributed by atoms with E-state index in [0.717, 1.165) is 25.7 Å². The molecule has 3 atom stereocenters. The molecule has 0 aromatic heterocycles. The van der Waals surface area contributed by atoms with Gasteiger partial charge in [0.05, 0.1) is 18.7 Å². The number of aliphatic hydroxyl groups is 2. The molecule has 2 fully saturated rings. The van der Waals surface area contributed by atoms with Crippen molar-refractivity contribution in [3.05, 3.63) is 0 Å². The minimum atomic E-state index is -1.00. The largest absolute Gasteiger partial charge is 0.390 e. The molecule has 0 heterocycles. The van der Waals surface area contributed by atoms with E-state index >= 15 is 0 Å². The summed E-state index contributed by atoms with van der Waals surface area (Å²) < 4.78 is 0. The molecule has 0 aromatic rings. The lowest BCUT2D eigenvalue weighted by Gasteiger charge is -2.40. The van der Waals surface area contributed by atoms with Crippen molar-refractivity contribution in [2.45, 2.75) is 103 Å². The Balaban J connectivity index is 2.08. The highest BCUT2D eigenvalue weighted by Crippen LogP contribution is 2.35. The Labute approximate surface area is 205 Å². The second-order valence-corrected chi connectivity index (χ2v) is 11.0. The summed E-state index contributed by atoms with van der Waals surface area (Å²) in [6.07, 6.45) is 7.22. The molecule has 0 aromatic carbocycles. The summed E-state index contributed by atoms with van der Waals surface area (Å²) in [5.74, 6) is 0.413. The number of carbonyl (C=O) groups excluding carboxylic acids is 3. The Morgan fingerprint density at radius 3 is 2.12 bits per heavy atom. The molecule has 0 radical (unpaired) electrons. The van der Waals surface area contributed by atoms with Crippen molar-refractivity contribution in [1.82, 2.24) is 15.1 Å². The SMILES string of the molecule is CC(C)C[C@H](O)[C@H](O)[C@H](CC1CCCCC1)N(CC1CC1)C(=O)CCC(=O)NCC(=O)N(C)C. The summed E-state index contributed by atoms with van der Waals surface area (Å²) in [6.45, 7) is 4.51. The monoisotopic (exact) mass is 481 g/mol. The van der Waals surface area contributed by atoms with E-state index in [-0.39, 0.29) is 43.0 Å². The number of likely N-dealkylation sites (N-methyl/N-ethyl adjacent to an activating group) is 1. The fourth-order valence-corrected chi connectivity index (χ4v) is 4.88. The first-order chi connectivity index (χ1) is 16.1. The van der Waals surface area contributed by atoms with E-state index in [0.29, 0.717) is 31.2 Å². The molecule has 3 N–H and O–H groups in total. The Hall–Kier alpha value is -1.67. The number of rotatable bonds is 14. The van der Waals surface area contributed by atoms with Gasteiger partial charge in [0.1, 0.15) is 6.10 Å². The van der Waals surface area contributed by atoms with Crippen molar-refractivity contribution in [1.29, 1.82) is 0 Å². The first-order valence-electron chi connectivity index (χ1n) is 13.2. The third-order valence-corrected chi connectivity index (χ3v) is 7.17. The Kier molecular flexibility index (Phi) is 11.8. The van der Waals surface area contributed by atoms with Crippen LogP contribution in [-0.4, -0.2) is 83.2 Å². The smallest absolute Gasteiger partial charge is 0.241 e. The van der Waals surface area contributed by atoms with E-state index in [2.05, 4.69) is 5.32 Å². The number of hydrogen-bond acceptors (Lipinski definition) is 5. The molecule has 0 unspecified atom stereocenters. The van der Waals surface area contributed by atoms with Crippen molar-refractivity contribution < 1.29 is 24.6 Å². The number of nitrogens with zero attached hydrogens (tertiary/aromatic N) is 2. The quantitative estimate of drug-likeness (QED) is 0.353. The normalized spacial score (nSPS) is 19.4. The molecule has 0 bridgehead atoms. The summed E-state index contributed by atoms with van der Waals surface area (Å²) in [5, 5.41) is 24.6. The number of nitrogens with one attached hydrogen (secondary N) is 1. The first-order valence-corrected chi connectivity index (χ1v) is 13.2. The lowest BCUT2D eigenvalue weighted by Crippen LogP contribution is -2.53. The third kappa shape index (κ3) is 9.90. The summed E-state index contributed by atoms with van der Waals surface area (Å²) >= 11 is 0. The van der Waals surface area contributed by atoms with E-state index in [1.807, 2.05) is 13.8 Å². The zero-order valence-corrected chi connectivity index (χ0v) is 21.7. The van der Waals surface area contributed by atoms with Crippen LogP contribution in [0.3, 0.4) is 0 Å². The molecular weight excluding hydrogens is 434 g/mol. The summed E-state index contributed by atoms with van der Waals surface area (Å²) in [5.41, 5.74) is 0. The molecule has 0 aliphatic heterocycles. The molecular formula is C26H47N3O5. The molecule has 196 valence electrons. The minimum absolute atomic E-state index is 0.00149. The van der Waals surface area contributed by atoms with Gasteiger partial charge in [-0.2, -0.15) is 0 Å². The van der Waals surface area contributed by atoms with Crippen molar-refractivity contribution >= 4 is 17.7 Å². The second kappa shape index (κ2) is 14.0. The van der Waals surface area contributed by atoms with E-state index in [9.17, 15) is 24.6 Å². The lowest BCUT2D eigenvalue weighted by molar-refractivity contribution is -0.141. The summed E-state index contributed by atoms with van der Waals surface area (Å²) in [4.78, 5) is 40.5. The highest BCUT2D eigenvalue weighted by atomic mass is 16.3. The highest BCUT2D eigenvalue weighted by molar-refractivity contribution is 5.87. The maximum atomic E-state index is 13.4. The van der Waals surface area contributed by atoms with Gasteiger partial charge in [0, 0.05) is 33.5 Å². The van der Waals surface area contributed by atoms with Gasteiger partial charge in [-0.3, -0.25) is 14.4 Å². The fourth-order valence-electron chi connectivity index (χ4n) is 4.88. The molecule has 2 rings (SSSR count). The Bertz CT molecular complexity index is 659. The molecule has 0 saturated heterocycles. The average molecular weight is 482 g/mol. The van der Waals surface area contributed by atoms with Crippen LogP contribution in [0.25, 0.3) is 0 Å². The van der Waals surface area contributed by atoms with Crippen LogP contribution >= 0.6 is 0 Å². The summed E-state index contributed by atoms with van der Waals surface area (Å²) in [7, 11) is 3.25. The van der Waals surface area contributed by atoms with Crippen molar-refractivity contribution in [2.24, 2.45) is 17.8 Å². The van der Waals surface area contributed by atoms with Gasteiger partial charge in [-0.25, -0.2) is 0 Å². The van der Waals surface area contributed by atoms with Crippen LogP contribution in [0.4, 0.5) is 0 Å². The molecule has 8 heteroatoms. The molecule has 0 spiro atoms. The van der Waals surface area contributed by atoms with Gasteiger partial charge in [-0.15, -0.1) is 0 Å². The van der Waals surface area contributed by atoms with Crippen LogP contribution < -0.4 is 5.32 Å². The van der Waals surface area contributed by atoms with E-state index < -0.39 is 18.2 Å². The summed E-state index contributed by atoms with van der Waals surface area (Å²) in [6, 6.07) is -0.441. The van der Waals surface area contributed by atoms with Crippen molar-refractivity contribution in [3.8, 4) is 0 Å². The molecule has 2 aliphatic rings. The number of carbonyl (C=O) groups is 3. The first kappa shape index (κ1) is 28.6. The van der Waals surface area contributed by atoms with Gasteiger partial charge < -0.3 is 25.3 Å². The minimum Gasteiger partial charge on any atom is -0.390 e. The van der Waals surface area contributed by atoms with Gasteiger partial charge in [-0.1, -0.05) is 46.0 Å². The van der Waals surface area contributed by atoms with Crippen LogP contribution in [0.15, 0.2) is 0 Å². The predicted molar refractivity (Wildman–Crippen MR) is 132 cm³/mol. The number of aliphatic hydroxyl groups excluding tert-OH is 2. The van der Waals surface area contributed by atoms with Crippen molar-refractivity contribution in [3.63, 3.8) is 0 Å². The maximum Gasteiger partial charge on any atom is 0.241 e. The maximum absolute atomic E-state index is 13.4. The van der Waals surface area contributed by atoms with Gasteiger partial charge >= 0.3 is 0 Å². The molecule has 2 aliphatic carbocycles. The van der Waals surface area contributed by atoms with Crippen LogP contribution in [0, 0.1) is 17.8 Å². The lowest BCUT2D eigenvalue weighted by atomic mass is 9.81. The average Bonchev–Trinajstić information content (AvgIpc) is 3.62. The highest BCUT2D eigenvalue weighted by Gasteiger charge is 2.38. The molecule has 2 saturated carbocycles. The molecule has 34 heavy (non-hydrogen) atoms. The fraction of sp³-hybridized carbons (Fsp3) is 0.885. The predicted octanol–water partition coefficient (Wildman–Crippen LogP) is 2.32. The van der Waals surface area contributed by atoms with Gasteiger partial charge in [0.2, 0.25) is 17.7 Å². The standard InChI is InChI=1S/C26H47N3O5/c1-18(2)14-22(30)26(34)21(15-19-8-6-5-7-9-19)29(17-20-10-11-20)24(32)13-12-23(31)27-16-25(33)28(3)4/h18-22,26,30,34H,5-17H2,1-4H3,(H,27,31)/t21-,22-,26+/m0/s1. The van der Waals surface area contributed by atoms with Crippen LogP contribution in [0.5, 0.6) is 0 Å². The van der Waals surface area contributed by atoms with Gasteiger partial charge in [0.25, 0.3) is 0 Å².